The Balaban J connectivity index is 2.91. The van der Waals surface area contributed by atoms with Gasteiger partial charge in [-0.2, -0.15) is 0 Å². The molecule has 3 nitrogen and oxygen atoms in total. The Morgan fingerprint density at radius 1 is 1.45 bits per heavy atom. The van der Waals surface area contributed by atoms with Crippen molar-refractivity contribution >= 4 is 6.21 Å². The van der Waals surface area contributed by atoms with Gasteiger partial charge in [-0.3, -0.25) is 0 Å². The third-order valence-corrected chi connectivity index (χ3v) is 1.28. The largest absolute Gasteiger partial charge is 0.396 e. The molecule has 0 aromatic heterocycles. The molecule has 0 rings (SSSR count). The number of unbranched alkanes of at least 4 members (excludes halogenated alkanes) is 2. The van der Waals surface area contributed by atoms with Gasteiger partial charge < -0.3 is 10.6 Å². The lowest BCUT2D eigenvalue weighted by atomic mass is 10.3. The van der Waals surface area contributed by atoms with Gasteiger partial charge in [0.25, 0.3) is 0 Å². The van der Waals surface area contributed by atoms with E-state index in [0.29, 0.717) is 13.2 Å². The molecule has 0 saturated carbocycles. The minimum atomic E-state index is 0.638. The molecule has 0 aromatic rings. The van der Waals surface area contributed by atoms with Crippen LogP contribution in [0.3, 0.4) is 0 Å². The Labute approximate surface area is 68.6 Å². The number of rotatable bonds is 7. The van der Waals surface area contributed by atoms with Gasteiger partial charge >= 0.3 is 0 Å². The van der Waals surface area contributed by atoms with Gasteiger partial charge in [0.15, 0.2) is 0 Å². The van der Waals surface area contributed by atoms with Crippen LogP contribution in [0.25, 0.3) is 0 Å². The highest BCUT2D eigenvalue weighted by atomic mass is 16.6. The second kappa shape index (κ2) is 9.43. The number of nitrogens with zero attached hydrogens (tertiary/aromatic N) is 1. The Morgan fingerprint density at radius 2 is 2.27 bits per heavy atom. The van der Waals surface area contributed by atoms with E-state index >= 15 is 0 Å². The molecule has 0 spiro atoms. The summed E-state index contributed by atoms with van der Waals surface area (Å²) in [5.74, 6) is 0. The number of nitrogens with two attached hydrogens (primary N) is 1. The molecule has 0 aliphatic carbocycles. The summed E-state index contributed by atoms with van der Waals surface area (Å²) in [6, 6.07) is 0. The fourth-order valence-corrected chi connectivity index (χ4v) is 0.601. The number of oxime groups is 1. The summed E-state index contributed by atoms with van der Waals surface area (Å²) in [5.41, 5.74) is 5.26. The lowest BCUT2D eigenvalue weighted by Gasteiger charge is -1.94. The average molecular weight is 158 g/mol. The summed E-state index contributed by atoms with van der Waals surface area (Å²) in [4.78, 5) is 4.91. The van der Waals surface area contributed by atoms with Crippen molar-refractivity contribution in [2.24, 2.45) is 10.9 Å². The van der Waals surface area contributed by atoms with Crippen molar-refractivity contribution in [1.82, 2.24) is 0 Å². The van der Waals surface area contributed by atoms with Crippen LogP contribution in [0.15, 0.2) is 5.16 Å². The zero-order chi connectivity index (χ0) is 8.36. The Bertz CT molecular complexity index is 94.1. The number of hydrogen-bond donors (Lipinski definition) is 1. The van der Waals surface area contributed by atoms with E-state index in [1.165, 1.54) is 12.8 Å². The van der Waals surface area contributed by atoms with Crippen LogP contribution in [0, 0.1) is 0 Å². The molecule has 0 heterocycles. The molecular formula is C8H18N2O. The van der Waals surface area contributed by atoms with Crippen molar-refractivity contribution in [2.75, 3.05) is 13.2 Å². The van der Waals surface area contributed by atoms with Gasteiger partial charge in [-0.25, -0.2) is 0 Å². The van der Waals surface area contributed by atoms with Gasteiger partial charge in [-0.1, -0.05) is 18.5 Å². The van der Waals surface area contributed by atoms with Crippen LogP contribution in [0.5, 0.6) is 0 Å². The van der Waals surface area contributed by atoms with Crippen molar-refractivity contribution in [1.29, 1.82) is 0 Å². The van der Waals surface area contributed by atoms with Crippen molar-refractivity contribution in [3.05, 3.63) is 0 Å². The predicted molar refractivity (Wildman–Crippen MR) is 47.6 cm³/mol. The monoisotopic (exact) mass is 158 g/mol. The predicted octanol–water partition coefficient (Wildman–Crippen LogP) is 1.53. The summed E-state index contributed by atoms with van der Waals surface area (Å²) in [7, 11) is 0. The second-order valence-corrected chi connectivity index (χ2v) is 2.41. The first-order valence-electron chi connectivity index (χ1n) is 4.25. The third kappa shape index (κ3) is 9.43. The van der Waals surface area contributed by atoms with Crippen LogP contribution in [0.4, 0.5) is 0 Å². The van der Waals surface area contributed by atoms with E-state index in [4.69, 9.17) is 10.6 Å². The lowest BCUT2D eigenvalue weighted by molar-refractivity contribution is 0.144. The Morgan fingerprint density at radius 3 is 2.91 bits per heavy atom. The molecule has 0 unspecified atom stereocenters. The standard InChI is InChI=1S/C8H18N2O/c1-2-3-4-7-10-11-8-5-6-9/h7H,2-6,8-9H2,1H3. The van der Waals surface area contributed by atoms with Crippen molar-refractivity contribution in [2.45, 2.75) is 32.6 Å². The maximum absolute atomic E-state index is 5.26. The van der Waals surface area contributed by atoms with E-state index < -0.39 is 0 Å². The molecular weight excluding hydrogens is 140 g/mol. The van der Waals surface area contributed by atoms with E-state index in [-0.39, 0.29) is 0 Å². The summed E-state index contributed by atoms with van der Waals surface area (Å²) in [5, 5.41) is 3.77. The van der Waals surface area contributed by atoms with Crippen LogP contribution >= 0.6 is 0 Å². The lowest BCUT2D eigenvalue weighted by Crippen LogP contribution is -2.01. The van der Waals surface area contributed by atoms with E-state index in [1.807, 2.05) is 6.21 Å². The van der Waals surface area contributed by atoms with Crippen LogP contribution in [-0.2, 0) is 4.84 Å². The zero-order valence-electron chi connectivity index (χ0n) is 7.25. The Kier molecular flexibility index (Phi) is 8.94. The van der Waals surface area contributed by atoms with Crippen LogP contribution < -0.4 is 5.73 Å². The summed E-state index contributed by atoms with van der Waals surface area (Å²) in [6.45, 7) is 3.47. The zero-order valence-corrected chi connectivity index (χ0v) is 7.25. The van der Waals surface area contributed by atoms with Gasteiger partial charge in [0.2, 0.25) is 0 Å². The molecule has 0 amide bonds. The number of hydrogen-bond acceptors (Lipinski definition) is 3. The first-order chi connectivity index (χ1) is 5.41. The molecule has 0 radical (unpaired) electrons. The van der Waals surface area contributed by atoms with Gasteiger partial charge in [-0.05, 0) is 25.8 Å². The fourth-order valence-electron chi connectivity index (χ4n) is 0.601. The summed E-state index contributed by atoms with van der Waals surface area (Å²) < 4.78 is 0. The van der Waals surface area contributed by atoms with E-state index in [0.717, 1.165) is 12.8 Å². The smallest absolute Gasteiger partial charge is 0.118 e. The molecule has 0 saturated heterocycles. The molecule has 0 atom stereocenters. The molecule has 0 fully saturated rings. The first-order valence-corrected chi connectivity index (χ1v) is 4.25. The molecule has 3 heteroatoms. The molecule has 0 aliphatic rings. The van der Waals surface area contributed by atoms with E-state index in [1.54, 1.807) is 0 Å². The highest BCUT2D eigenvalue weighted by molar-refractivity contribution is 5.55. The van der Waals surface area contributed by atoms with Crippen LogP contribution in [0.2, 0.25) is 0 Å². The minimum absolute atomic E-state index is 0.638. The third-order valence-electron chi connectivity index (χ3n) is 1.28. The van der Waals surface area contributed by atoms with Gasteiger partial charge in [-0.15, -0.1) is 0 Å². The fraction of sp³-hybridized carbons (Fsp3) is 0.875. The van der Waals surface area contributed by atoms with Gasteiger partial charge in [0.05, 0.1) is 0 Å². The molecule has 2 N–H and O–H groups in total. The average Bonchev–Trinajstić information content (AvgIpc) is 2.03. The second-order valence-electron chi connectivity index (χ2n) is 2.41. The summed E-state index contributed by atoms with van der Waals surface area (Å²) in [6.07, 6.45) is 6.10. The highest BCUT2D eigenvalue weighted by Gasteiger charge is 1.81. The van der Waals surface area contributed by atoms with E-state index in [2.05, 4.69) is 12.1 Å². The molecule has 66 valence electrons. The van der Waals surface area contributed by atoms with Gasteiger partial charge in [0.1, 0.15) is 6.61 Å². The maximum Gasteiger partial charge on any atom is 0.118 e. The van der Waals surface area contributed by atoms with Crippen LogP contribution in [0.1, 0.15) is 32.6 Å². The SMILES string of the molecule is CCCCC=NOCCCN. The maximum atomic E-state index is 5.26. The first kappa shape index (κ1) is 10.4. The topological polar surface area (TPSA) is 47.6 Å². The molecule has 0 bridgehead atoms. The van der Waals surface area contributed by atoms with Crippen molar-refractivity contribution in [3.8, 4) is 0 Å². The van der Waals surface area contributed by atoms with Gasteiger partial charge in [0, 0.05) is 6.21 Å². The Hall–Kier alpha value is -0.570. The molecule has 0 aromatic carbocycles. The van der Waals surface area contributed by atoms with E-state index in [9.17, 15) is 0 Å². The molecule has 11 heavy (non-hydrogen) atoms. The highest BCUT2D eigenvalue weighted by Crippen LogP contribution is 1.90. The minimum Gasteiger partial charge on any atom is -0.396 e. The van der Waals surface area contributed by atoms with Crippen molar-refractivity contribution in [3.63, 3.8) is 0 Å². The van der Waals surface area contributed by atoms with Crippen molar-refractivity contribution < 1.29 is 4.84 Å². The quantitative estimate of drug-likeness (QED) is 0.347. The molecule has 0 aliphatic heterocycles. The summed E-state index contributed by atoms with van der Waals surface area (Å²) >= 11 is 0. The van der Waals surface area contributed by atoms with Crippen LogP contribution in [-0.4, -0.2) is 19.4 Å². The normalized spacial score (nSPS) is 10.7.